The van der Waals surface area contributed by atoms with Gasteiger partial charge in [0.2, 0.25) is 0 Å². The Morgan fingerprint density at radius 3 is 2.12 bits per heavy atom. The zero-order valence-electron chi connectivity index (χ0n) is 10.4. The van der Waals surface area contributed by atoms with Gasteiger partial charge in [-0.3, -0.25) is 0 Å². The number of carboxylic acids is 1. The molecule has 0 radical (unpaired) electrons. The van der Waals surface area contributed by atoms with Crippen LogP contribution in [0, 0.1) is 5.92 Å². The van der Waals surface area contributed by atoms with Crippen molar-refractivity contribution in [3.05, 3.63) is 0 Å². The van der Waals surface area contributed by atoms with Crippen LogP contribution in [0.1, 0.15) is 40.5 Å². The Labute approximate surface area is 96.6 Å². The van der Waals surface area contributed by atoms with Crippen molar-refractivity contribution in [1.29, 1.82) is 0 Å². The molecule has 0 aromatic carbocycles. The lowest BCUT2D eigenvalue weighted by Crippen LogP contribution is -2.50. The molecule has 1 unspecified atom stereocenters. The van der Waals surface area contributed by atoms with Crippen LogP contribution in [0.15, 0.2) is 0 Å². The molecule has 5 heteroatoms. The first-order valence-corrected chi connectivity index (χ1v) is 5.68. The molecule has 0 spiro atoms. The molecule has 0 heterocycles. The van der Waals surface area contributed by atoms with Gasteiger partial charge in [-0.2, -0.15) is 0 Å². The molecule has 0 aromatic rings. The molecule has 0 saturated carbocycles. The lowest BCUT2D eigenvalue weighted by atomic mass is 10.1. The predicted molar refractivity (Wildman–Crippen MR) is 62.3 cm³/mol. The number of urea groups is 1. The van der Waals surface area contributed by atoms with Gasteiger partial charge in [-0.15, -0.1) is 0 Å². The van der Waals surface area contributed by atoms with Crippen molar-refractivity contribution in [3.8, 4) is 0 Å². The summed E-state index contributed by atoms with van der Waals surface area (Å²) in [5.74, 6) is -1.14. The maximum absolute atomic E-state index is 11.5. The molecule has 16 heavy (non-hydrogen) atoms. The number of aliphatic carboxylic acids is 1. The molecule has 0 aliphatic heterocycles. The Morgan fingerprint density at radius 1 is 1.19 bits per heavy atom. The lowest BCUT2D eigenvalue weighted by molar-refractivity contribution is -0.140. The van der Waals surface area contributed by atoms with E-state index >= 15 is 0 Å². The molecule has 2 amide bonds. The topological polar surface area (TPSA) is 78.4 Å². The minimum Gasteiger partial charge on any atom is -0.480 e. The number of nitrogens with one attached hydrogen (secondary N) is 2. The standard InChI is InChI=1S/C11H22N2O3/c1-5-6-8(4)12-11(16)13-9(7(2)3)10(14)15/h7-9H,5-6H2,1-4H3,(H,14,15)(H2,12,13,16)/t8?,9-/m0/s1. The molecule has 0 saturated heterocycles. The molecule has 0 rings (SSSR count). The van der Waals surface area contributed by atoms with Gasteiger partial charge in [0, 0.05) is 6.04 Å². The van der Waals surface area contributed by atoms with E-state index in [9.17, 15) is 9.59 Å². The summed E-state index contributed by atoms with van der Waals surface area (Å²) in [6.45, 7) is 7.45. The largest absolute Gasteiger partial charge is 0.480 e. The molecule has 5 nitrogen and oxygen atoms in total. The van der Waals surface area contributed by atoms with Crippen molar-refractivity contribution < 1.29 is 14.7 Å². The molecule has 2 atom stereocenters. The second-order valence-electron chi connectivity index (χ2n) is 4.37. The number of amides is 2. The molecule has 0 aromatic heterocycles. The van der Waals surface area contributed by atoms with Crippen molar-refractivity contribution in [2.45, 2.75) is 52.6 Å². The Balaban J connectivity index is 4.15. The van der Waals surface area contributed by atoms with Crippen molar-refractivity contribution in [2.24, 2.45) is 5.92 Å². The first kappa shape index (κ1) is 14.7. The average molecular weight is 230 g/mol. The van der Waals surface area contributed by atoms with Gasteiger partial charge < -0.3 is 15.7 Å². The lowest BCUT2D eigenvalue weighted by Gasteiger charge is -2.20. The van der Waals surface area contributed by atoms with Crippen LogP contribution in [0.4, 0.5) is 4.79 Å². The fraction of sp³-hybridized carbons (Fsp3) is 0.818. The Hall–Kier alpha value is -1.26. The minimum absolute atomic E-state index is 0.0617. The zero-order chi connectivity index (χ0) is 12.7. The Bertz CT molecular complexity index is 241. The second kappa shape index (κ2) is 7.09. The van der Waals surface area contributed by atoms with E-state index in [2.05, 4.69) is 10.6 Å². The van der Waals surface area contributed by atoms with Gasteiger partial charge in [-0.05, 0) is 19.3 Å². The van der Waals surface area contributed by atoms with Crippen LogP contribution in [0.5, 0.6) is 0 Å². The van der Waals surface area contributed by atoms with Crippen molar-refractivity contribution in [3.63, 3.8) is 0 Å². The van der Waals surface area contributed by atoms with E-state index < -0.39 is 18.0 Å². The van der Waals surface area contributed by atoms with Crippen molar-refractivity contribution in [1.82, 2.24) is 10.6 Å². The summed E-state index contributed by atoms with van der Waals surface area (Å²) in [6.07, 6.45) is 1.86. The number of hydrogen-bond donors (Lipinski definition) is 3. The number of carbonyl (C=O) groups is 2. The van der Waals surface area contributed by atoms with Gasteiger partial charge >= 0.3 is 12.0 Å². The molecule has 94 valence electrons. The SMILES string of the molecule is CCCC(C)NC(=O)N[C@H](C(=O)O)C(C)C. The van der Waals surface area contributed by atoms with E-state index in [1.807, 2.05) is 13.8 Å². The number of carboxylic acid groups (broad SMARTS) is 1. The molecular weight excluding hydrogens is 208 g/mol. The van der Waals surface area contributed by atoms with Crippen LogP contribution in [-0.4, -0.2) is 29.2 Å². The molecule has 0 aliphatic carbocycles. The molecule has 0 fully saturated rings. The number of rotatable bonds is 6. The number of carbonyl (C=O) groups excluding carboxylic acids is 1. The molecule has 3 N–H and O–H groups in total. The van der Waals surface area contributed by atoms with Gasteiger partial charge in [-0.1, -0.05) is 27.2 Å². The normalized spacial score (nSPS) is 14.3. The third-order valence-corrected chi connectivity index (χ3v) is 2.32. The van der Waals surface area contributed by atoms with Crippen LogP contribution in [0.25, 0.3) is 0 Å². The highest BCUT2D eigenvalue weighted by molar-refractivity contribution is 5.82. The van der Waals surface area contributed by atoms with Gasteiger partial charge in [0.1, 0.15) is 6.04 Å². The zero-order valence-corrected chi connectivity index (χ0v) is 10.4. The first-order valence-electron chi connectivity index (χ1n) is 5.68. The third-order valence-electron chi connectivity index (χ3n) is 2.32. The van der Waals surface area contributed by atoms with Gasteiger partial charge in [-0.25, -0.2) is 9.59 Å². The quantitative estimate of drug-likeness (QED) is 0.648. The average Bonchev–Trinajstić information content (AvgIpc) is 2.13. The van der Waals surface area contributed by atoms with Crippen molar-refractivity contribution in [2.75, 3.05) is 0 Å². The van der Waals surface area contributed by atoms with Crippen LogP contribution >= 0.6 is 0 Å². The minimum atomic E-state index is -1.01. The highest BCUT2D eigenvalue weighted by Gasteiger charge is 2.23. The fourth-order valence-corrected chi connectivity index (χ4v) is 1.43. The Kier molecular flexibility index (Phi) is 6.53. The summed E-state index contributed by atoms with van der Waals surface area (Å²) < 4.78 is 0. The summed E-state index contributed by atoms with van der Waals surface area (Å²) >= 11 is 0. The van der Waals surface area contributed by atoms with Crippen LogP contribution in [-0.2, 0) is 4.79 Å². The summed E-state index contributed by atoms with van der Waals surface area (Å²) in [5.41, 5.74) is 0. The molecule has 0 aliphatic rings. The third kappa shape index (κ3) is 5.58. The summed E-state index contributed by atoms with van der Waals surface area (Å²) in [6, 6.07) is -1.19. The maximum atomic E-state index is 11.5. The summed E-state index contributed by atoms with van der Waals surface area (Å²) in [4.78, 5) is 22.3. The highest BCUT2D eigenvalue weighted by atomic mass is 16.4. The monoisotopic (exact) mass is 230 g/mol. The van der Waals surface area contributed by atoms with Crippen molar-refractivity contribution >= 4 is 12.0 Å². The summed E-state index contributed by atoms with van der Waals surface area (Å²) in [5, 5.41) is 14.1. The van der Waals surface area contributed by atoms with Gasteiger partial charge in [0.15, 0.2) is 0 Å². The van der Waals surface area contributed by atoms with Gasteiger partial charge in [0.25, 0.3) is 0 Å². The Morgan fingerprint density at radius 2 is 1.75 bits per heavy atom. The smallest absolute Gasteiger partial charge is 0.326 e. The maximum Gasteiger partial charge on any atom is 0.326 e. The van der Waals surface area contributed by atoms with E-state index in [1.54, 1.807) is 13.8 Å². The predicted octanol–water partition coefficient (Wildman–Crippen LogP) is 1.58. The van der Waals surface area contributed by atoms with E-state index in [4.69, 9.17) is 5.11 Å². The number of hydrogen-bond acceptors (Lipinski definition) is 2. The van der Waals surface area contributed by atoms with Crippen LogP contribution in [0.3, 0.4) is 0 Å². The van der Waals surface area contributed by atoms with Crippen LogP contribution in [0.2, 0.25) is 0 Å². The van der Waals surface area contributed by atoms with Crippen LogP contribution < -0.4 is 10.6 Å². The molecular formula is C11H22N2O3. The molecule has 0 bridgehead atoms. The first-order chi connectivity index (χ1) is 7.38. The second-order valence-corrected chi connectivity index (χ2v) is 4.37. The van der Waals surface area contributed by atoms with Gasteiger partial charge in [0.05, 0.1) is 0 Å². The van der Waals surface area contributed by atoms with E-state index in [-0.39, 0.29) is 12.0 Å². The van der Waals surface area contributed by atoms with E-state index in [0.717, 1.165) is 12.8 Å². The summed E-state index contributed by atoms with van der Waals surface area (Å²) in [7, 11) is 0. The highest BCUT2D eigenvalue weighted by Crippen LogP contribution is 2.02. The van der Waals surface area contributed by atoms with E-state index in [0.29, 0.717) is 0 Å². The fourth-order valence-electron chi connectivity index (χ4n) is 1.43. The van der Waals surface area contributed by atoms with E-state index in [1.165, 1.54) is 0 Å².